The third-order valence-corrected chi connectivity index (χ3v) is 5.07. The summed E-state index contributed by atoms with van der Waals surface area (Å²) in [6.45, 7) is 2.86. The van der Waals surface area contributed by atoms with E-state index in [-0.39, 0.29) is 12.4 Å². The molecular formula is C20H32O3. The lowest BCUT2D eigenvalue weighted by atomic mass is 9.76. The Morgan fingerprint density at radius 3 is 2.22 bits per heavy atom. The minimum atomic E-state index is -0.188. The molecule has 1 aliphatic rings. The van der Waals surface area contributed by atoms with Crippen LogP contribution in [0.5, 0.6) is 0 Å². The smallest absolute Gasteiger partial charge is 0.157 e. The van der Waals surface area contributed by atoms with Gasteiger partial charge in [-0.1, -0.05) is 49.6 Å². The van der Waals surface area contributed by atoms with Gasteiger partial charge in [-0.05, 0) is 31.2 Å². The molecule has 0 spiro atoms. The summed E-state index contributed by atoms with van der Waals surface area (Å²) in [5.41, 5.74) is 1.33. The number of ether oxygens (including phenoxy) is 3. The average molecular weight is 320 g/mol. The molecule has 1 aromatic rings. The van der Waals surface area contributed by atoms with Gasteiger partial charge in [-0.2, -0.15) is 0 Å². The van der Waals surface area contributed by atoms with E-state index in [1.54, 1.807) is 14.2 Å². The highest BCUT2D eigenvalue weighted by Crippen LogP contribution is 2.38. The van der Waals surface area contributed by atoms with Crippen LogP contribution in [0.2, 0.25) is 0 Å². The van der Waals surface area contributed by atoms with Crippen molar-refractivity contribution in [3.8, 4) is 0 Å². The molecule has 0 heterocycles. The van der Waals surface area contributed by atoms with Crippen LogP contribution < -0.4 is 0 Å². The van der Waals surface area contributed by atoms with E-state index in [1.165, 1.54) is 37.7 Å². The zero-order chi connectivity index (χ0) is 16.5. The van der Waals surface area contributed by atoms with Crippen LogP contribution in [0.3, 0.4) is 0 Å². The number of benzene rings is 1. The second-order valence-corrected chi connectivity index (χ2v) is 6.47. The Bertz CT molecular complexity index is 410. The maximum Gasteiger partial charge on any atom is 0.157 e. The van der Waals surface area contributed by atoms with Crippen molar-refractivity contribution in [3.05, 3.63) is 35.9 Å². The first kappa shape index (κ1) is 18.4. The minimum absolute atomic E-state index is 0.188. The monoisotopic (exact) mass is 320 g/mol. The van der Waals surface area contributed by atoms with Gasteiger partial charge in [0.1, 0.15) is 0 Å². The molecule has 2 unspecified atom stereocenters. The second kappa shape index (κ2) is 10.1. The summed E-state index contributed by atoms with van der Waals surface area (Å²) in [6.07, 6.45) is 7.46. The first-order valence-electron chi connectivity index (χ1n) is 9.02. The van der Waals surface area contributed by atoms with E-state index >= 15 is 0 Å². The number of hydrogen-bond donors (Lipinski definition) is 0. The number of hydrogen-bond acceptors (Lipinski definition) is 3. The Morgan fingerprint density at radius 2 is 1.65 bits per heavy atom. The van der Waals surface area contributed by atoms with E-state index in [2.05, 4.69) is 37.3 Å². The van der Waals surface area contributed by atoms with Gasteiger partial charge < -0.3 is 14.2 Å². The van der Waals surface area contributed by atoms with Crippen LogP contribution in [0, 0.1) is 5.92 Å². The largest absolute Gasteiger partial charge is 0.378 e. The lowest BCUT2D eigenvalue weighted by Crippen LogP contribution is -2.35. The molecular weight excluding hydrogens is 288 g/mol. The zero-order valence-corrected chi connectivity index (χ0v) is 14.9. The third kappa shape index (κ3) is 5.30. The van der Waals surface area contributed by atoms with Crippen molar-refractivity contribution in [2.45, 2.75) is 63.8 Å². The quantitative estimate of drug-likeness (QED) is 0.614. The molecule has 0 N–H and O–H groups in total. The van der Waals surface area contributed by atoms with Gasteiger partial charge in [0.25, 0.3) is 0 Å². The van der Waals surface area contributed by atoms with Crippen molar-refractivity contribution in [3.63, 3.8) is 0 Å². The molecule has 0 amide bonds. The summed E-state index contributed by atoms with van der Waals surface area (Å²) >= 11 is 0. The summed E-state index contributed by atoms with van der Waals surface area (Å²) < 4.78 is 17.3. The molecule has 3 heteroatoms. The molecule has 0 aromatic heterocycles. The lowest BCUT2D eigenvalue weighted by Gasteiger charge is -2.37. The Labute approximate surface area is 141 Å². The van der Waals surface area contributed by atoms with Crippen molar-refractivity contribution < 1.29 is 14.2 Å². The van der Waals surface area contributed by atoms with Gasteiger partial charge in [-0.25, -0.2) is 0 Å². The first-order valence-corrected chi connectivity index (χ1v) is 9.02. The van der Waals surface area contributed by atoms with E-state index in [9.17, 15) is 0 Å². The van der Waals surface area contributed by atoms with Crippen molar-refractivity contribution >= 4 is 0 Å². The third-order valence-electron chi connectivity index (χ3n) is 5.07. The molecule has 1 aliphatic carbocycles. The van der Waals surface area contributed by atoms with Crippen LogP contribution in [0.1, 0.15) is 56.9 Å². The first-order chi connectivity index (χ1) is 11.3. The Morgan fingerprint density at radius 1 is 1.00 bits per heavy atom. The predicted molar refractivity (Wildman–Crippen MR) is 93.6 cm³/mol. The Kier molecular flexibility index (Phi) is 8.07. The maximum atomic E-state index is 6.28. The molecule has 1 saturated carbocycles. The van der Waals surface area contributed by atoms with Gasteiger partial charge in [-0.15, -0.1) is 0 Å². The van der Waals surface area contributed by atoms with E-state index < -0.39 is 0 Å². The second-order valence-electron chi connectivity index (χ2n) is 6.47. The van der Waals surface area contributed by atoms with E-state index in [4.69, 9.17) is 14.2 Å². The average Bonchev–Trinajstić information content (AvgIpc) is 2.63. The van der Waals surface area contributed by atoms with E-state index in [1.807, 2.05) is 0 Å². The van der Waals surface area contributed by atoms with Crippen LogP contribution in [0.15, 0.2) is 30.3 Å². The molecule has 2 rings (SSSR count). The van der Waals surface area contributed by atoms with Gasteiger partial charge in [-0.3, -0.25) is 0 Å². The van der Waals surface area contributed by atoms with Crippen LogP contribution >= 0.6 is 0 Å². The molecule has 0 saturated heterocycles. The molecule has 3 nitrogen and oxygen atoms in total. The van der Waals surface area contributed by atoms with Crippen molar-refractivity contribution in [2.75, 3.05) is 20.8 Å². The van der Waals surface area contributed by atoms with Gasteiger partial charge in [0.05, 0.1) is 6.10 Å². The topological polar surface area (TPSA) is 27.7 Å². The van der Waals surface area contributed by atoms with Gasteiger partial charge >= 0.3 is 0 Å². The maximum absolute atomic E-state index is 6.28. The fourth-order valence-electron chi connectivity index (χ4n) is 3.89. The molecule has 0 aliphatic heterocycles. The fraction of sp³-hybridized carbons (Fsp3) is 0.700. The molecule has 23 heavy (non-hydrogen) atoms. The zero-order valence-electron chi connectivity index (χ0n) is 14.9. The standard InChI is InChI=1S/C20H32O3/c1-4-23-20(17-13-9-6-10-14-17)18(15-19(21-2)22-3)16-11-7-5-8-12-16/h5,7-8,11-12,17-20H,4,6,9-10,13-15H2,1-3H3. The lowest BCUT2D eigenvalue weighted by molar-refractivity contribution is -0.121. The molecule has 1 aromatic carbocycles. The highest BCUT2D eigenvalue weighted by atomic mass is 16.7. The number of methoxy groups -OCH3 is 2. The molecule has 2 atom stereocenters. The highest BCUT2D eigenvalue weighted by Gasteiger charge is 2.33. The molecule has 0 radical (unpaired) electrons. The van der Waals surface area contributed by atoms with Gasteiger partial charge in [0, 0.05) is 33.2 Å². The van der Waals surface area contributed by atoms with E-state index in [0.717, 1.165) is 13.0 Å². The van der Waals surface area contributed by atoms with Crippen molar-refractivity contribution in [2.24, 2.45) is 5.92 Å². The van der Waals surface area contributed by atoms with Gasteiger partial charge in [0.2, 0.25) is 0 Å². The van der Waals surface area contributed by atoms with Crippen LogP contribution in [0.25, 0.3) is 0 Å². The van der Waals surface area contributed by atoms with Crippen molar-refractivity contribution in [1.82, 2.24) is 0 Å². The Hall–Kier alpha value is -0.900. The molecule has 130 valence electrons. The number of rotatable bonds is 9. The van der Waals surface area contributed by atoms with Gasteiger partial charge in [0.15, 0.2) is 6.29 Å². The normalized spacial score (nSPS) is 19.0. The summed E-state index contributed by atoms with van der Waals surface area (Å²) in [5.74, 6) is 0.951. The van der Waals surface area contributed by atoms with Crippen LogP contribution in [0.4, 0.5) is 0 Å². The minimum Gasteiger partial charge on any atom is -0.378 e. The Balaban J connectivity index is 2.23. The fourth-order valence-corrected chi connectivity index (χ4v) is 3.89. The van der Waals surface area contributed by atoms with Crippen LogP contribution in [-0.2, 0) is 14.2 Å². The summed E-state index contributed by atoms with van der Waals surface area (Å²) in [4.78, 5) is 0. The molecule has 0 bridgehead atoms. The molecule has 1 fully saturated rings. The van der Waals surface area contributed by atoms with E-state index in [0.29, 0.717) is 11.8 Å². The summed E-state index contributed by atoms with van der Waals surface area (Å²) in [6, 6.07) is 10.7. The van der Waals surface area contributed by atoms with Crippen molar-refractivity contribution in [1.29, 1.82) is 0 Å². The van der Waals surface area contributed by atoms with Crippen LogP contribution in [-0.4, -0.2) is 33.2 Å². The predicted octanol–water partition coefficient (Wildman–Crippen LogP) is 4.76. The summed E-state index contributed by atoms with van der Waals surface area (Å²) in [5, 5.41) is 0. The summed E-state index contributed by atoms with van der Waals surface area (Å²) in [7, 11) is 3.43. The highest BCUT2D eigenvalue weighted by molar-refractivity contribution is 5.21. The SMILES string of the molecule is CCOC(C1CCCCC1)C(CC(OC)OC)c1ccccc1.